The van der Waals surface area contributed by atoms with Gasteiger partial charge in [0, 0.05) is 27.5 Å². The number of hydrogen-bond acceptors (Lipinski definition) is 2. The zero-order valence-electron chi connectivity index (χ0n) is 28.4. The molecule has 52 heavy (non-hydrogen) atoms. The molecule has 0 saturated carbocycles. The van der Waals surface area contributed by atoms with E-state index in [-0.39, 0.29) is 0 Å². The molecule has 0 aliphatic rings. The van der Waals surface area contributed by atoms with Crippen molar-refractivity contribution in [3.8, 4) is 22.3 Å². The fourth-order valence-electron chi connectivity index (χ4n) is 7.10. The Balaban J connectivity index is 1.18. The lowest BCUT2D eigenvalue weighted by Gasteiger charge is -2.11. The molecule has 0 aliphatic heterocycles. The average Bonchev–Trinajstić information content (AvgIpc) is 3.61. The first-order chi connectivity index (χ1) is 25.7. The number of benzene rings is 8. The number of fused-ring (bicyclic) bond motifs is 5. The van der Waals surface area contributed by atoms with Crippen molar-refractivity contribution in [2.75, 3.05) is 0 Å². The smallest absolute Gasteiger partial charge is 0.161 e. The SMILES string of the molecule is C=N/C(=N\C(=N/Cc1ccccc1)c1ccc2ccccc2c1)c1ccc(-c2ccc(-c3cccc4ccccc34)cc2)c2oc3ccccc3c12. The summed E-state index contributed by atoms with van der Waals surface area (Å²) in [5, 5.41) is 6.68. The van der Waals surface area contributed by atoms with Gasteiger partial charge in [-0.05, 0) is 74.8 Å². The van der Waals surface area contributed by atoms with E-state index in [0.717, 1.165) is 60.5 Å². The maximum atomic E-state index is 6.64. The van der Waals surface area contributed by atoms with Crippen LogP contribution in [0.5, 0.6) is 0 Å². The van der Waals surface area contributed by atoms with Gasteiger partial charge >= 0.3 is 0 Å². The fourth-order valence-corrected chi connectivity index (χ4v) is 7.10. The summed E-state index contributed by atoms with van der Waals surface area (Å²) in [4.78, 5) is 14.7. The lowest BCUT2D eigenvalue weighted by atomic mass is 9.94. The minimum Gasteiger partial charge on any atom is -0.455 e. The Hall–Kier alpha value is -6.91. The van der Waals surface area contributed by atoms with Gasteiger partial charge in [-0.1, -0.05) is 152 Å². The highest BCUT2D eigenvalue weighted by Crippen LogP contribution is 2.39. The van der Waals surface area contributed by atoms with E-state index in [2.05, 4.69) is 139 Å². The van der Waals surface area contributed by atoms with Crippen LogP contribution < -0.4 is 0 Å². The van der Waals surface area contributed by atoms with Gasteiger partial charge in [0.15, 0.2) is 11.7 Å². The Morgan fingerprint density at radius 1 is 0.519 bits per heavy atom. The second-order valence-electron chi connectivity index (χ2n) is 12.8. The number of furan rings is 1. The van der Waals surface area contributed by atoms with Crippen LogP contribution in [0.1, 0.15) is 16.7 Å². The van der Waals surface area contributed by atoms with Crippen LogP contribution in [0.15, 0.2) is 195 Å². The number of para-hydroxylation sites is 1. The molecular formula is C48H33N3O. The molecule has 8 aromatic carbocycles. The molecule has 0 saturated heterocycles. The Labute approximate surface area is 301 Å². The zero-order valence-corrected chi connectivity index (χ0v) is 28.4. The summed E-state index contributed by atoms with van der Waals surface area (Å²) in [5.41, 5.74) is 8.86. The van der Waals surface area contributed by atoms with E-state index in [1.807, 2.05) is 48.5 Å². The number of aliphatic imine (C=N–C) groups is 3. The van der Waals surface area contributed by atoms with Crippen LogP contribution in [0.2, 0.25) is 0 Å². The van der Waals surface area contributed by atoms with E-state index in [1.165, 1.54) is 21.9 Å². The van der Waals surface area contributed by atoms with E-state index < -0.39 is 0 Å². The second kappa shape index (κ2) is 13.4. The molecule has 0 atom stereocenters. The van der Waals surface area contributed by atoms with Crippen LogP contribution in [0, 0.1) is 0 Å². The van der Waals surface area contributed by atoms with Gasteiger partial charge in [0.05, 0.1) is 6.54 Å². The zero-order chi connectivity index (χ0) is 34.9. The third-order valence-corrected chi connectivity index (χ3v) is 9.69. The lowest BCUT2D eigenvalue weighted by molar-refractivity contribution is 0.670. The van der Waals surface area contributed by atoms with E-state index in [4.69, 9.17) is 14.4 Å². The van der Waals surface area contributed by atoms with Crippen molar-refractivity contribution in [1.29, 1.82) is 0 Å². The van der Waals surface area contributed by atoms with Gasteiger partial charge in [-0.15, -0.1) is 0 Å². The van der Waals surface area contributed by atoms with Crippen molar-refractivity contribution in [2.24, 2.45) is 15.0 Å². The quantitative estimate of drug-likeness (QED) is 0.129. The largest absolute Gasteiger partial charge is 0.455 e. The third-order valence-electron chi connectivity index (χ3n) is 9.69. The summed E-state index contributed by atoms with van der Waals surface area (Å²) in [6.07, 6.45) is 0. The molecule has 246 valence electrons. The maximum absolute atomic E-state index is 6.64. The normalized spacial score (nSPS) is 12.2. The molecule has 0 bridgehead atoms. The monoisotopic (exact) mass is 667 g/mol. The Kier molecular flexibility index (Phi) is 8.03. The average molecular weight is 668 g/mol. The summed E-state index contributed by atoms with van der Waals surface area (Å²) in [7, 11) is 0. The molecule has 4 heteroatoms. The molecule has 0 spiro atoms. The van der Waals surface area contributed by atoms with Crippen LogP contribution in [-0.2, 0) is 6.54 Å². The maximum Gasteiger partial charge on any atom is 0.161 e. The highest BCUT2D eigenvalue weighted by atomic mass is 16.3. The number of nitrogens with zero attached hydrogens (tertiary/aromatic N) is 3. The number of amidine groups is 2. The summed E-state index contributed by atoms with van der Waals surface area (Å²) in [6.45, 7) is 4.48. The molecule has 4 nitrogen and oxygen atoms in total. The molecule has 0 amide bonds. The Morgan fingerprint density at radius 2 is 1.19 bits per heavy atom. The van der Waals surface area contributed by atoms with Crippen LogP contribution in [0.4, 0.5) is 0 Å². The highest BCUT2D eigenvalue weighted by molar-refractivity contribution is 6.23. The van der Waals surface area contributed by atoms with Crippen molar-refractivity contribution in [3.05, 3.63) is 193 Å². The van der Waals surface area contributed by atoms with Gasteiger partial charge in [-0.25, -0.2) is 9.98 Å². The minimum atomic E-state index is 0.481. The molecule has 9 aromatic rings. The van der Waals surface area contributed by atoms with Gasteiger partial charge in [-0.3, -0.25) is 4.99 Å². The van der Waals surface area contributed by atoms with Crippen LogP contribution in [0.3, 0.4) is 0 Å². The molecule has 1 heterocycles. The first-order valence-electron chi connectivity index (χ1n) is 17.4. The fraction of sp³-hybridized carbons (Fsp3) is 0.0208. The summed E-state index contributed by atoms with van der Waals surface area (Å²) in [5.74, 6) is 1.07. The lowest BCUT2D eigenvalue weighted by Crippen LogP contribution is -2.06. The second-order valence-corrected chi connectivity index (χ2v) is 12.8. The molecule has 0 fully saturated rings. The van der Waals surface area contributed by atoms with Crippen LogP contribution >= 0.6 is 0 Å². The van der Waals surface area contributed by atoms with Gasteiger partial charge < -0.3 is 4.42 Å². The molecule has 0 radical (unpaired) electrons. The molecular weight excluding hydrogens is 635 g/mol. The van der Waals surface area contributed by atoms with Gasteiger partial charge in [-0.2, -0.15) is 0 Å². The Morgan fingerprint density at radius 3 is 2.00 bits per heavy atom. The summed E-state index contributed by atoms with van der Waals surface area (Å²) < 4.78 is 6.64. The third kappa shape index (κ3) is 5.76. The molecule has 0 unspecified atom stereocenters. The van der Waals surface area contributed by atoms with Crippen molar-refractivity contribution in [2.45, 2.75) is 6.54 Å². The standard InChI is InChI=1S/C48H33N3O/c1-49-48(51-47(50-31-32-12-3-2-4-13-32)38-27-22-33-14-5-6-16-37(33)30-38)43-29-28-41(46-45(43)42-19-9-10-21-44(42)52-46)36-25-23-35(24-26-36)40-20-11-17-34-15-7-8-18-39(34)40/h2-30H,1,31H2/b50-47-,51-48-. The number of rotatable bonds is 6. The predicted octanol–water partition coefficient (Wildman–Crippen LogP) is 12.3. The predicted molar refractivity (Wildman–Crippen MR) is 219 cm³/mol. The van der Waals surface area contributed by atoms with E-state index >= 15 is 0 Å². The number of hydrogen-bond donors (Lipinski definition) is 0. The van der Waals surface area contributed by atoms with Gasteiger partial charge in [0.25, 0.3) is 0 Å². The van der Waals surface area contributed by atoms with Crippen molar-refractivity contribution < 1.29 is 4.42 Å². The Bertz CT molecular complexity index is 2820. The molecule has 0 aliphatic carbocycles. The molecule has 1 aromatic heterocycles. The van der Waals surface area contributed by atoms with Crippen LogP contribution in [0.25, 0.3) is 65.7 Å². The van der Waals surface area contributed by atoms with E-state index in [1.54, 1.807) is 0 Å². The first-order valence-corrected chi connectivity index (χ1v) is 17.4. The van der Waals surface area contributed by atoms with Crippen molar-refractivity contribution in [1.82, 2.24) is 0 Å². The molecule has 0 N–H and O–H groups in total. The van der Waals surface area contributed by atoms with Crippen LogP contribution in [-0.4, -0.2) is 18.4 Å². The van der Waals surface area contributed by atoms with E-state index in [9.17, 15) is 0 Å². The van der Waals surface area contributed by atoms with Crippen molar-refractivity contribution >= 4 is 61.9 Å². The topological polar surface area (TPSA) is 50.2 Å². The van der Waals surface area contributed by atoms with E-state index in [0.29, 0.717) is 18.2 Å². The molecule has 9 rings (SSSR count). The summed E-state index contributed by atoms with van der Waals surface area (Å²) >= 11 is 0. The highest BCUT2D eigenvalue weighted by Gasteiger charge is 2.20. The first kappa shape index (κ1) is 31.1. The minimum absolute atomic E-state index is 0.481. The summed E-state index contributed by atoms with van der Waals surface area (Å²) in [6, 6.07) is 60.9. The van der Waals surface area contributed by atoms with Gasteiger partial charge in [0.2, 0.25) is 0 Å². The van der Waals surface area contributed by atoms with Crippen molar-refractivity contribution in [3.63, 3.8) is 0 Å². The van der Waals surface area contributed by atoms with Gasteiger partial charge in [0.1, 0.15) is 11.2 Å².